The first-order valence-electron chi connectivity index (χ1n) is 9.21. The molecule has 3 unspecified atom stereocenters. The monoisotopic (exact) mass is 329 g/mol. The molecule has 3 nitrogen and oxygen atoms in total. The number of anilines is 1. The second-order valence-corrected chi connectivity index (χ2v) is 7.48. The summed E-state index contributed by atoms with van der Waals surface area (Å²) in [5.41, 5.74) is 4.15. The van der Waals surface area contributed by atoms with Crippen LogP contribution in [0.2, 0.25) is 0 Å². The molecule has 0 amide bonds. The van der Waals surface area contributed by atoms with Crippen LogP contribution in [0, 0.1) is 0 Å². The first-order chi connectivity index (χ1) is 12.3. The van der Waals surface area contributed by atoms with Crippen molar-refractivity contribution in [3.8, 4) is 0 Å². The molecular formula is C22H23N3. The van der Waals surface area contributed by atoms with Crippen molar-refractivity contribution < 1.29 is 0 Å². The quantitative estimate of drug-likeness (QED) is 0.782. The van der Waals surface area contributed by atoms with Gasteiger partial charge in [0.1, 0.15) is 0 Å². The minimum Gasteiger partial charge on any atom is -0.383 e. The van der Waals surface area contributed by atoms with Gasteiger partial charge >= 0.3 is 0 Å². The summed E-state index contributed by atoms with van der Waals surface area (Å²) in [6, 6.07) is 22.2. The molecule has 2 aliphatic heterocycles. The van der Waals surface area contributed by atoms with Crippen molar-refractivity contribution in [1.29, 1.82) is 0 Å². The Morgan fingerprint density at radius 1 is 1.04 bits per heavy atom. The summed E-state index contributed by atoms with van der Waals surface area (Å²) in [6.45, 7) is 3.43. The molecule has 0 saturated carbocycles. The summed E-state index contributed by atoms with van der Waals surface area (Å²) in [6.07, 6.45) is 4.45. The van der Waals surface area contributed by atoms with Crippen molar-refractivity contribution >= 4 is 16.6 Å². The number of pyridine rings is 1. The zero-order valence-corrected chi connectivity index (χ0v) is 14.4. The summed E-state index contributed by atoms with van der Waals surface area (Å²) in [5.74, 6) is 0. The molecule has 0 spiro atoms. The third-order valence-electron chi connectivity index (χ3n) is 6.09. The molecule has 2 saturated heterocycles. The van der Waals surface area contributed by atoms with Crippen LogP contribution in [0.4, 0.5) is 5.69 Å². The lowest BCUT2D eigenvalue weighted by Gasteiger charge is -2.30. The molecule has 1 aromatic heterocycles. The van der Waals surface area contributed by atoms with Gasteiger partial charge in [0.05, 0.1) is 5.52 Å². The Labute approximate surface area is 148 Å². The first-order valence-corrected chi connectivity index (χ1v) is 9.21. The van der Waals surface area contributed by atoms with Gasteiger partial charge < -0.3 is 5.32 Å². The Morgan fingerprint density at radius 3 is 2.80 bits per heavy atom. The molecule has 3 heterocycles. The SMILES string of the molecule is c1ccc(C23CCN(C2)C(CNc2ccnc4ccccc24)C3)cc1. The van der Waals surface area contributed by atoms with E-state index in [-0.39, 0.29) is 0 Å². The van der Waals surface area contributed by atoms with Crippen molar-refractivity contribution in [2.24, 2.45) is 0 Å². The van der Waals surface area contributed by atoms with Crippen molar-refractivity contribution in [2.45, 2.75) is 24.3 Å². The van der Waals surface area contributed by atoms with Crippen LogP contribution in [0.1, 0.15) is 18.4 Å². The minimum atomic E-state index is 0.369. The lowest BCUT2D eigenvalue weighted by molar-refractivity contribution is 0.268. The predicted octanol–water partition coefficient (Wildman–Crippen LogP) is 4.06. The van der Waals surface area contributed by atoms with Crippen molar-refractivity contribution in [1.82, 2.24) is 9.88 Å². The lowest BCUT2D eigenvalue weighted by Crippen LogP contribution is -2.36. The molecule has 3 atom stereocenters. The number of hydrogen-bond acceptors (Lipinski definition) is 3. The van der Waals surface area contributed by atoms with E-state index in [1.54, 1.807) is 0 Å². The Morgan fingerprint density at radius 2 is 1.88 bits per heavy atom. The Hall–Kier alpha value is -2.39. The van der Waals surface area contributed by atoms with Gasteiger partial charge in [0, 0.05) is 41.8 Å². The van der Waals surface area contributed by atoms with Gasteiger partial charge in [-0.25, -0.2) is 0 Å². The molecule has 2 bridgehead atoms. The fourth-order valence-electron chi connectivity index (χ4n) is 4.79. The van der Waals surface area contributed by atoms with E-state index in [4.69, 9.17) is 0 Å². The van der Waals surface area contributed by atoms with Gasteiger partial charge in [-0.15, -0.1) is 0 Å². The van der Waals surface area contributed by atoms with Crippen LogP contribution in [0.3, 0.4) is 0 Å². The van der Waals surface area contributed by atoms with Gasteiger partial charge in [-0.3, -0.25) is 9.88 Å². The molecule has 2 fully saturated rings. The number of rotatable bonds is 4. The average molecular weight is 329 g/mol. The summed E-state index contributed by atoms with van der Waals surface area (Å²) in [5, 5.41) is 4.91. The van der Waals surface area contributed by atoms with Crippen LogP contribution in [-0.2, 0) is 5.41 Å². The third kappa shape index (κ3) is 2.50. The zero-order chi connectivity index (χ0) is 16.7. The molecule has 1 N–H and O–H groups in total. The Kier molecular flexibility index (Phi) is 3.49. The van der Waals surface area contributed by atoms with Crippen LogP contribution < -0.4 is 5.32 Å². The maximum atomic E-state index is 4.46. The summed E-state index contributed by atoms with van der Waals surface area (Å²) in [4.78, 5) is 7.13. The largest absolute Gasteiger partial charge is 0.383 e. The van der Waals surface area contributed by atoms with E-state index in [0.29, 0.717) is 11.5 Å². The van der Waals surface area contributed by atoms with Gasteiger partial charge in [-0.05, 0) is 37.1 Å². The molecule has 3 aromatic rings. The van der Waals surface area contributed by atoms with Gasteiger partial charge in [-0.1, -0.05) is 48.5 Å². The highest BCUT2D eigenvalue weighted by atomic mass is 15.2. The highest BCUT2D eigenvalue weighted by molar-refractivity contribution is 5.90. The molecule has 126 valence electrons. The molecule has 2 aromatic carbocycles. The van der Waals surface area contributed by atoms with Crippen LogP contribution in [0.15, 0.2) is 66.9 Å². The highest BCUT2D eigenvalue weighted by Gasteiger charge is 2.49. The molecule has 2 aliphatic rings. The average Bonchev–Trinajstić information content (AvgIpc) is 3.27. The van der Waals surface area contributed by atoms with Crippen molar-refractivity contribution in [3.05, 3.63) is 72.4 Å². The van der Waals surface area contributed by atoms with Crippen molar-refractivity contribution in [2.75, 3.05) is 25.0 Å². The maximum absolute atomic E-state index is 4.46. The highest BCUT2D eigenvalue weighted by Crippen LogP contribution is 2.46. The van der Waals surface area contributed by atoms with E-state index in [2.05, 4.69) is 69.8 Å². The van der Waals surface area contributed by atoms with E-state index in [1.165, 1.54) is 42.6 Å². The number of para-hydroxylation sites is 1. The van der Waals surface area contributed by atoms with Crippen LogP contribution in [0.25, 0.3) is 10.9 Å². The van der Waals surface area contributed by atoms with Gasteiger partial charge in [0.2, 0.25) is 0 Å². The number of fused-ring (bicyclic) bond motifs is 3. The van der Waals surface area contributed by atoms with E-state index in [1.807, 2.05) is 12.3 Å². The van der Waals surface area contributed by atoms with Crippen LogP contribution >= 0.6 is 0 Å². The smallest absolute Gasteiger partial charge is 0.0722 e. The molecule has 0 radical (unpaired) electrons. The van der Waals surface area contributed by atoms with Crippen LogP contribution in [-0.4, -0.2) is 35.6 Å². The van der Waals surface area contributed by atoms with E-state index >= 15 is 0 Å². The summed E-state index contributed by atoms with van der Waals surface area (Å²) < 4.78 is 0. The Balaban J connectivity index is 1.34. The van der Waals surface area contributed by atoms with Crippen LogP contribution in [0.5, 0.6) is 0 Å². The topological polar surface area (TPSA) is 28.2 Å². The van der Waals surface area contributed by atoms with Gasteiger partial charge in [-0.2, -0.15) is 0 Å². The van der Waals surface area contributed by atoms with Gasteiger partial charge in [0.25, 0.3) is 0 Å². The normalized spacial score (nSPS) is 27.7. The zero-order valence-electron chi connectivity index (χ0n) is 14.4. The summed E-state index contributed by atoms with van der Waals surface area (Å²) >= 11 is 0. The van der Waals surface area contributed by atoms with E-state index < -0.39 is 0 Å². The first kappa shape index (κ1) is 14.9. The number of hydrogen-bond donors (Lipinski definition) is 1. The molecule has 3 heteroatoms. The van der Waals surface area contributed by atoms with E-state index in [9.17, 15) is 0 Å². The fraction of sp³-hybridized carbons (Fsp3) is 0.318. The minimum absolute atomic E-state index is 0.369. The third-order valence-corrected chi connectivity index (χ3v) is 6.09. The van der Waals surface area contributed by atoms with E-state index in [0.717, 1.165) is 12.1 Å². The molecular weight excluding hydrogens is 306 g/mol. The molecule has 0 aliphatic carbocycles. The Bertz CT molecular complexity index is 887. The molecule has 25 heavy (non-hydrogen) atoms. The number of piperidine rings is 1. The maximum Gasteiger partial charge on any atom is 0.0722 e. The fourth-order valence-corrected chi connectivity index (χ4v) is 4.79. The van der Waals surface area contributed by atoms with Gasteiger partial charge in [0.15, 0.2) is 0 Å². The molecule has 5 rings (SSSR count). The number of benzene rings is 2. The lowest BCUT2D eigenvalue weighted by atomic mass is 9.76. The summed E-state index contributed by atoms with van der Waals surface area (Å²) in [7, 11) is 0. The second-order valence-electron chi connectivity index (χ2n) is 7.48. The number of nitrogens with zero attached hydrogens (tertiary/aromatic N) is 2. The van der Waals surface area contributed by atoms with Crippen molar-refractivity contribution in [3.63, 3.8) is 0 Å². The standard InChI is InChI=1S/C22H23N3/c1-2-6-17(7-3-1)22-11-13-25(16-22)18(14-22)15-24-21-10-12-23-20-9-5-4-8-19(20)21/h1-10,12,18H,11,13-16H2,(H,23,24). The predicted molar refractivity (Wildman–Crippen MR) is 103 cm³/mol. The second kappa shape index (κ2) is 5.85. The number of aromatic nitrogens is 1. The number of nitrogens with one attached hydrogen (secondary N) is 1.